The van der Waals surface area contributed by atoms with Crippen molar-refractivity contribution in [3.8, 4) is 0 Å². The fraction of sp³-hybridized carbons (Fsp3) is 0.859. The molecule has 0 aromatic rings. The van der Waals surface area contributed by atoms with Gasteiger partial charge in [0.1, 0.15) is 13.2 Å². The molecule has 0 aromatic carbocycles. The van der Waals surface area contributed by atoms with E-state index in [-0.39, 0.29) is 19.1 Å². The number of phosphoric ester groups is 1. The molecule has 0 saturated carbocycles. The first-order valence-electron chi connectivity index (χ1n) is 31.5. The van der Waals surface area contributed by atoms with E-state index >= 15 is 0 Å². The first-order valence-corrected chi connectivity index (χ1v) is 33.0. The number of quaternary nitrogens is 1. The van der Waals surface area contributed by atoms with Crippen LogP contribution in [0, 0.1) is 0 Å². The van der Waals surface area contributed by atoms with E-state index in [0.29, 0.717) is 17.4 Å². The second kappa shape index (κ2) is 55.2. The lowest BCUT2D eigenvalue weighted by atomic mass is 10.0. The first kappa shape index (κ1) is 71.5. The summed E-state index contributed by atoms with van der Waals surface area (Å²) in [5.74, 6) is -0.207. The fourth-order valence-electron chi connectivity index (χ4n) is 9.34. The minimum atomic E-state index is -4.61. The molecule has 9 heteroatoms. The Morgan fingerprint density at radius 3 is 1.15 bits per heavy atom. The Balaban J connectivity index is 4.15. The third kappa shape index (κ3) is 58.0. The molecule has 2 N–H and O–H groups in total. The van der Waals surface area contributed by atoms with E-state index < -0.39 is 20.0 Å². The summed E-state index contributed by atoms with van der Waals surface area (Å²) in [6.45, 7) is 4.66. The number of nitrogens with zero attached hydrogens (tertiary/aromatic N) is 1. The predicted octanol–water partition coefficient (Wildman–Crippen LogP) is 18.9. The van der Waals surface area contributed by atoms with E-state index in [4.69, 9.17) is 9.05 Å². The number of hydrogen-bond donors (Lipinski definition) is 2. The minimum Gasteiger partial charge on any atom is -0.756 e. The van der Waals surface area contributed by atoms with E-state index in [1.54, 1.807) is 6.08 Å². The molecule has 1 amide bonds. The first-order chi connectivity index (χ1) is 35.5. The van der Waals surface area contributed by atoms with Crippen molar-refractivity contribution in [1.82, 2.24) is 5.32 Å². The summed E-state index contributed by atoms with van der Waals surface area (Å²) in [5, 5.41) is 13.9. The Morgan fingerprint density at radius 1 is 0.479 bits per heavy atom. The number of aliphatic hydroxyl groups is 1. The zero-order valence-corrected chi connectivity index (χ0v) is 50.0. The molecule has 430 valence electrons. The van der Waals surface area contributed by atoms with E-state index in [0.717, 1.165) is 64.2 Å². The van der Waals surface area contributed by atoms with E-state index in [9.17, 15) is 19.4 Å². The lowest BCUT2D eigenvalue weighted by molar-refractivity contribution is -0.870. The van der Waals surface area contributed by atoms with Gasteiger partial charge in [0, 0.05) is 6.42 Å². The number of aliphatic hydroxyl groups excluding tert-OH is 1. The lowest BCUT2D eigenvalue weighted by Crippen LogP contribution is -2.45. The summed E-state index contributed by atoms with van der Waals surface area (Å²) in [6, 6.07) is -0.896. The standard InChI is InChI=1S/C64H123N2O6P/c1-6-8-10-12-14-16-18-20-22-24-26-28-29-30-31-32-33-34-35-36-38-39-41-43-45-47-49-51-53-55-57-63(67)62(61-72-73(69,70)71-60-59-66(3,4)5)65-64(68)58-56-54-52-50-48-46-44-42-40-37-27-25-23-21-19-17-15-13-11-9-7-2/h19,21,25,27,40,42,55,57,62-63,67H,6-18,20,22-24,26,28-39,41,43-54,56,58-61H2,1-5H3,(H-,65,68,69,70)/b21-19-,27-25-,42-40-,57-55+. The smallest absolute Gasteiger partial charge is 0.268 e. The van der Waals surface area contributed by atoms with Crippen molar-refractivity contribution < 1.29 is 32.9 Å². The Kier molecular flexibility index (Phi) is 54.1. The third-order valence-corrected chi connectivity index (χ3v) is 15.2. The van der Waals surface area contributed by atoms with Crippen LogP contribution in [0.25, 0.3) is 0 Å². The van der Waals surface area contributed by atoms with Gasteiger partial charge in [0.05, 0.1) is 39.9 Å². The second-order valence-electron chi connectivity index (χ2n) is 22.8. The molecule has 0 fully saturated rings. The van der Waals surface area contributed by atoms with Gasteiger partial charge in [0.25, 0.3) is 7.82 Å². The number of rotatable bonds is 58. The van der Waals surface area contributed by atoms with Gasteiger partial charge in [-0.25, -0.2) is 0 Å². The van der Waals surface area contributed by atoms with Crippen LogP contribution in [0.5, 0.6) is 0 Å². The average Bonchev–Trinajstić information content (AvgIpc) is 3.35. The zero-order valence-electron chi connectivity index (χ0n) is 49.1. The zero-order chi connectivity index (χ0) is 53.5. The van der Waals surface area contributed by atoms with Gasteiger partial charge in [-0.1, -0.05) is 287 Å². The summed E-state index contributed by atoms with van der Waals surface area (Å²) in [6.07, 6.45) is 73.5. The highest BCUT2D eigenvalue weighted by Gasteiger charge is 2.23. The number of carbonyl (C=O) groups excluding carboxylic acids is 1. The molecule has 3 atom stereocenters. The summed E-state index contributed by atoms with van der Waals surface area (Å²) in [5.41, 5.74) is 0. The van der Waals surface area contributed by atoms with Crippen molar-refractivity contribution in [2.24, 2.45) is 0 Å². The molecule has 0 aliphatic heterocycles. The Bertz CT molecular complexity index is 1330. The van der Waals surface area contributed by atoms with Crippen molar-refractivity contribution in [1.29, 1.82) is 0 Å². The highest BCUT2D eigenvalue weighted by molar-refractivity contribution is 7.45. The van der Waals surface area contributed by atoms with Crippen LogP contribution in [0.4, 0.5) is 0 Å². The normalized spacial score (nSPS) is 14.1. The predicted molar refractivity (Wildman–Crippen MR) is 316 cm³/mol. The summed E-state index contributed by atoms with van der Waals surface area (Å²) in [7, 11) is 1.26. The highest BCUT2D eigenvalue weighted by atomic mass is 31.2. The lowest BCUT2D eigenvalue weighted by Gasteiger charge is -2.29. The number of hydrogen-bond acceptors (Lipinski definition) is 6. The maximum absolute atomic E-state index is 13.0. The van der Waals surface area contributed by atoms with Gasteiger partial charge in [-0.2, -0.15) is 0 Å². The van der Waals surface area contributed by atoms with Crippen molar-refractivity contribution >= 4 is 13.7 Å². The molecular weight excluding hydrogens is 924 g/mol. The van der Waals surface area contributed by atoms with Gasteiger partial charge in [-0.15, -0.1) is 0 Å². The summed E-state index contributed by atoms with van der Waals surface area (Å²) in [4.78, 5) is 25.5. The Morgan fingerprint density at radius 2 is 0.795 bits per heavy atom. The molecule has 0 aromatic heterocycles. The molecular formula is C64H123N2O6P. The molecule has 0 saturated heterocycles. The molecule has 8 nitrogen and oxygen atoms in total. The molecule has 0 aliphatic rings. The molecule has 0 aliphatic carbocycles. The SMILES string of the molecule is CCCCCCC/C=C\C/C=C\C/C=C\CCCCCCCCC(=O)NC(COP(=O)([O-])OCC[N+](C)(C)C)C(O)/C=C/CCCCCCCCCCCCCCCCCCCCCCCCCCCCCC. The number of unbranched alkanes of at least 4 members (excludes halogenated alkanes) is 39. The molecule has 3 unspecified atom stereocenters. The number of allylic oxidation sites excluding steroid dienone is 7. The average molecular weight is 1050 g/mol. The van der Waals surface area contributed by atoms with Gasteiger partial charge in [0.2, 0.25) is 5.91 Å². The topological polar surface area (TPSA) is 108 Å². The van der Waals surface area contributed by atoms with E-state index in [1.807, 2.05) is 27.2 Å². The maximum atomic E-state index is 13.0. The van der Waals surface area contributed by atoms with Gasteiger partial charge in [-0.05, 0) is 57.8 Å². The van der Waals surface area contributed by atoms with Crippen molar-refractivity contribution in [3.05, 3.63) is 48.6 Å². The van der Waals surface area contributed by atoms with Gasteiger partial charge in [-0.3, -0.25) is 9.36 Å². The van der Waals surface area contributed by atoms with E-state index in [1.165, 1.54) is 218 Å². The van der Waals surface area contributed by atoms with Crippen LogP contribution >= 0.6 is 7.82 Å². The second-order valence-corrected chi connectivity index (χ2v) is 24.2. The van der Waals surface area contributed by atoms with Crippen LogP contribution in [0.2, 0.25) is 0 Å². The van der Waals surface area contributed by atoms with E-state index in [2.05, 4.69) is 55.6 Å². The molecule has 0 rings (SSSR count). The van der Waals surface area contributed by atoms with Crippen molar-refractivity contribution in [2.75, 3.05) is 40.9 Å². The molecule has 0 radical (unpaired) electrons. The molecule has 0 spiro atoms. The fourth-order valence-corrected chi connectivity index (χ4v) is 10.1. The number of likely N-dealkylation sites (N-methyl/N-ethyl adjacent to an activating group) is 1. The number of phosphoric acid groups is 1. The monoisotopic (exact) mass is 1050 g/mol. The van der Waals surface area contributed by atoms with Crippen LogP contribution in [0.3, 0.4) is 0 Å². The van der Waals surface area contributed by atoms with Crippen LogP contribution in [0.1, 0.15) is 303 Å². The van der Waals surface area contributed by atoms with Gasteiger partial charge < -0.3 is 28.8 Å². The minimum absolute atomic E-state index is 0.00459. The van der Waals surface area contributed by atoms with Gasteiger partial charge >= 0.3 is 0 Å². The van der Waals surface area contributed by atoms with Crippen LogP contribution in [-0.4, -0.2) is 68.5 Å². The quantitative estimate of drug-likeness (QED) is 0.0272. The number of carbonyl (C=O) groups is 1. The van der Waals surface area contributed by atoms with Crippen LogP contribution in [-0.2, 0) is 18.4 Å². The Labute approximate surface area is 454 Å². The largest absolute Gasteiger partial charge is 0.756 e. The molecule has 73 heavy (non-hydrogen) atoms. The van der Waals surface area contributed by atoms with Crippen LogP contribution in [0.15, 0.2) is 48.6 Å². The number of nitrogens with one attached hydrogen (secondary N) is 1. The Hall–Kier alpha value is -1.54. The third-order valence-electron chi connectivity index (χ3n) is 14.3. The highest BCUT2D eigenvalue weighted by Crippen LogP contribution is 2.38. The van der Waals surface area contributed by atoms with Crippen LogP contribution < -0.4 is 10.2 Å². The summed E-state index contributed by atoms with van der Waals surface area (Å²) < 4.78 is 23.4. The molecule has 0 heterocycles. The van der Waals surface area contributed by atoms with Crippen molar-refractivity contribution in [2.45, 2.75) is 315 Å². The van der Waals surface area contributed by atoms with Crippen molar-refractivity contribution in [3.63, 3.8) is 0 Å². The number of amides is 1. The van der Waals surface area contributed by atoms with Gasteiger partial charge in [0.15, 0.2) is 0 Å². The maximum Gasteiger partial charge on any atom is 0.268 e. The summed E-state index contributed by atoms with van der Waals surface area (Å²) >= 11 is 0. The molecule has 0 bridgehead atoms.